The van der Waals surface area contributed by atoms with Gasteiger partial charge in [0.25, 0.3) is 0 Å². The molecular weight excluding hydrogens is 160 g/mol. The van der Waals surface area contributed by atoms with Crippen molar-refractivity contribution in [2.24, 2.45) is 0 Å². The van der Waals surface area contributed by atoms with Crippen LogP contribution >= 0.6 is 0 Å². The van der Waals surface area contributed by atoms with Gasteiger partial charge in [-0.3, -0.25) is 4.79 Å². The lowest BCUT2D eigenvalue weighted by Crippen LogP contribution is -2.21. The van der Waals surface area contributed by atoms with Gasteiger partial charge in [-0.1, -0.05) is 0 Å². The molecule has 0 spiro atoms. The second-order valence-electron chi connectivity index (χ2n) is 3.46. The monoisotopic (exact) mass is 176 g/mol. The largest absolute Gasteiger partial charge is 0.481 e. The van der Waals surface area contributed by atoms with Crippen LogP contribution in [-0.2, 0) is 9.22 Å². The van der Waals surface area contributed by atoms with Crippen LogP contribution in [-0.4, -0.2) is 26.4 Å². The van der Waals surface area contributed by atoms with Crippen molar-refractivity contribution in [1.82, 2.24) is 0 Å². The fourth-order valence-electron chi connectivity index (χ4n) is 0.602. The van der Waals surface area contributed by atoms with E-state index in [4.69, 9.17) is 9.53 Å². The number of rotatable bonds is 4. The van der Waals surface area contributed by atoms with Crippen LogP contribution in [0.1, 0.15) is 27.2 Å². The molecule has 0 radical (unpaired) electrons. The SMILES string of the molecule is CC(C)(C)O[SiH2]CCC(=O)O. The summed E-state index contributed by atoms with van der Waals surface area (Å²) in [6.07, 6.45) is 0.252. The Balaban J connectivity index is 3.22. The summed E-state index contributed by atoms with van der Waals surface area (Å²) in [5, 5.41) is 8.31. The van der Waals surface area contributed by atoms with E-state index in [9.17, 15) is 4.79 Å². The fraction of sp³-hybridized carbons (Fsp3) is 0.857. The molecule has 0 aromatic carbocycles. The molecule has 0 bridgehead atoms. The molecule has 0 heterocycles. The zero-order chi connectivity index (χ0) is 8.91. The molecule has 0 saturated heterocycles. The first-order chi connectivity index (χ1) is 4.92. The van der Waals surface area contributed by atoms with E-state index in [-0.39, 0.29) is 12.0 Å². The van der Waals surface area contributed by atoms with Crippen molar-refractivity contribution in [2.75, 3.05) is 0 Å². The number of carboxylic acids is 1. The van der Waals surface area contributed by atoms with E-state index >= 15 is 0 Å². The lowest BCUT2D eigenvalue weighted by atomic mass is 10.2. The van der Waals surface area contributed by atoms with Gasteiger partial charge in [0.1, 0.15) is 0 Å². The maximum Gasteiger partial charge on any atom is 0.303 e. The van der Waals surface area contributed by atoms with E-state index in [1.165, 1.54) is 0 Å². The standard InChI is InChI=1S/C7H16O3Si/c1-7(2,3)10-11-5-4-6(8)9/h4-5,11H2,1-3H3,(H,8,9). The van der Waals surface area contributed by atoms with E-state index in [1.807, 2.05) is 20.8 Å². The van der Waals surface area contributed by atoms with Crippen LogP contribution < -0.4 is 0 Å². The van der Waals surface area contributed by atoms with E-state index in [1.54, 1.807) is 0 Å². The van der Waals surface area contributed by atoms with Gasteiger partial charge in [-0.2, -0.15) is 0 Å². The van der Waals surface area contributed by atoms with Crippen LogP contribution in [0.15, 0.2) is 0 Å². The number of carbonyl (C=O) groups is 1. The Morgan fingerprint density at radius 2 is 2.09 bits per heavy atom. The van der Waals surface area contributed by atoms with Gasteiger partial charge in [-0.25, -0.2) is 0 Å². The molecule has 0 atom stereocenters. The van der Waals surface area contributed by atoms with Crippen molar-refractivity contribution in [3.63, 3.8) is 0 Å². The number of carboxylic acid groups (broad SMARTS) is 1. The molecule has 0 saturated carbocycles. The molecular formula is C7H16O3Si. The molecule has 66 valence electrons. The van der Waals surface area contributed by atoms with E-state index in [2.05, 4.69) is 0 Å². The first kappa shape index (κ1) is 10.6. The highest BCUT2D eigenvalue weighted by Crippen LogP contribution is 2.06. The normalized spacial score (nSPS) is 12.6. The highest BCUT2D eigenvalue weighted by Gasteiger charge is 2.09. The number of hydrogen-bond donors (Lipinski definition) is 1. The maximum absolute atomic E-state index is 10.1. The second-order valence-corrected chi connectivity index (χ2v) is 4.86. The van der Waals surface area contributed by atoms with Crippen molar-refractivity contribution < 1.29 is 14.3 Å². The quantitative estimate of drug-likeness (QED) is 0.508. The molecule has 0 aromatic rings. The molecule has 0 unspecified atom stereocenters. The van der Waals surface area contributed by atoms with Crippen LogP contribution in [0.3, 0.4) is 0 Å². The van der Waals surface area contributed by atoms with Gasteiger partial charge in [-0.05, 0) is 26.8 Å². The summed E-state index contributed by atoms with van der Waals surface area (Å²) in [6, 6.07) is 0.729. The summed E-state index contributed by atoms with van der Waals surface area (Å²) in [7, 11) is -0.617. The number of aliphatic carboxylic acids is 1. The third kappa shape index (κ3) is 9.65. The fourth-order valence-corrected chi connectivity index (χ4v) is 1.81. The molecule has 0 amide bonds. The second kappa shape index (κ2) is 4.51. The third-order valence-corrected chi connectivity index (χ3v) is 2.78. The molecule has 1 N–H and O–H groups in total. The summed E-state index contributed by atoms with van der Waals surface area (Å²) in [6.45, 7) is 5.96. The first-order valence-electron chi connectivity index (χ1n) is 3.77. The van der Waals surface area contributed by atoms with Gasteiger partial charge in [0, 0.05) is 12.0 Å². The average Bonchev–Trinajstić information content (AvgIpc) is 1.78. The zero-order valence-corrected chi connectivity index (χ0v) is 8.80. The topological polar surface area (TPSA) is 46.5 Å². The van der Waals surface area contributed by atoms with Gasteiger partial charge in [-0.15, -0.1) is 0 Å². The van der Waals surface area contributed by atoms with Crippen molar-refractivity contribution in [1.29, 1.82) is 0 Å². The van der Waals surface area contributed by atoms with Gasteiger partial charge < -0.3 is 9.53 Å². The number of hydrogen-bond acceptors (Lipinski definition) is 2. The Hall–Kier alpha value is -0.353. The summed E-state index contributed by atoms with van der Waals surface area (Å²) in [4.78, 5) is 10.1. The molecule has 11 heavy (non-hydrogen) atoms. The lowest BCUT2D eigenvalue weighted by Gasteiger charge is -2.19. The maximum atomic E-state index is 10.1. The van der Waals surface area contributed by atoms with Crippen molar-refractivity contribution in [3.8, 4) is 0 Å². The van der Waals surface area contributed by atoms with Crippen molar-refractivity contribution >= 4 is 15.7 Å². The van der Waals surface area contributed by atoms with Crippen molar-refractivity contribution in [3.05, 3.63) is 0 Å². The van der Waals surface area contributed by atoms with Gasteiger partial charge in [0.05, 0.1) is 0 Å². The minimum atomic E-state index is -0.727. The molecule has 4 heteroatoms. The lowest BCUT2D eigenvalue weighted by molar-refractivity contribution is -0.136. The molecule has 0 aliphatic heterocycles. The zero-order valence-electron chi connectivity index (χ0n) is 7.39. The molecule has 0 aliphatic carbocycles. The van der Waals surface area contributed by atoms with Crippen molar-refractivity contribution in [2.45, 2.75) is 38.8 Å². The van der Waals surface area contributed by atoms with E-state index < -0.39 is 15.7 Å². The minimum Gasteiger partial charge on any atom is -0.481 e. The van der Waals surface area contributed by atoms with Gasteiger partial charge in [0.15, 0.2) is 9.76 Å². The van der Waals surface area contributed by atoms with Crippen LogP contribution in [0, 0.1) is 0 Å². The Labute approximate surface area is 69.7 Å². The molecule has 0 rings (SSSR count). The summed E-state index contributed by atoms with van der Waals surface area (Å²) in [5.41, 5.74) is -0.0925. The molecule has 0 fully saturated rings. The Morgan fingerprint density at radius 3 is 2.45 bits per heavy atom. The minimum absolute atomic E-state index is 0.0925. The Bertz CT molecular complexity index is 128. The molecule has 0 aromatic heterocycles. The summed E-state index contributed by atoms with van der Waals surface area (Å²) < 4.78 is 5.46. The first-order valence-corrected chi connectivity index (χ1v) is 5.35. The summed E-state index contributed by atoms with van der Waals surface area (Å²) in [5.74, 6) is -0.727. The summed E-state index contributed by atoms with van der Waals surface area (Å²) >= 11 is 0. The predicted octanol–water partition coefficient (Wildman–Crippen LogP) is 0.778. The molecule has 0 aliphatic rings. The van der Waals surface area contributed by atoms with Crippen LogP contribution in [0.2, 0.25) is 6.04 Å². The highest BCUT2D eigenvalue weighted by molar-refractivity contribution is 6.27. The Morgan fingerprint density at radius 1 is 1.55 bits per heavy atom. The van der Waals surface area contributed by atoms with E-state index in [0.29, 0.717) is 0 Å². The Kier molecular flexibility index (Phi) is 4.36. The predicted molar refractivity (Wildman–Crippen MR) is 46.4 cm³/mol. The van der Waals surface area contributed by atoms with Gasteiger partial charge in [0.2, 0.25) is 0 Å². The van der Waals surface area contributed by atoms with Crippen LogP contribution in [0.25, 0.3) is 0 Å². The molecule has 3 nitrogen and oxygen atoms in total. The van der Waals surface area contributed by atoms with Crippen LogP contribution in [0.5, 0.6) is 0 Å². The highest BCUT2D eigenvalue weighted by atomic mass is 28.2. The van der Waals surface area contributed by atoms with E-state index in [0.717, 1.165) is 6.04 Å². The smallest absolute Gasteiger partial charge is 0.303 e. The average molecular weight is 176 g/mol. The van der Waals surface area contributed by atoms with Gasteiger partial charge >= 0.3 is 5.97 Å². The van der Waals surface area contributed by atoms with Crippen LogP contribution in [0.4, 0.5) is 0 Å². The third-order valence-electron chi connectivity index (χ3n) is 1.07.